The van der Waals surface area contributed by atoms with E-state index in [-0.39, 0.29) is 17.3 Å². The molecular weight excluding hydrogens is 273 g/mol. The summed E-state index contributed by atoms with van der Waals surface area (Å²) in [5.41, 5.74) is 1.18. The zero-order valence-electron chi connectivity index (χ0n) is 11.7. The predicted molar refractivity (Wildman–Crippen MR) is 77.6 cm³/mol. The van der Waals surface area contributed by atoms with Gasteiger partial charge in [-0.3, -0.25) is 0 Å². The van der Waals surface area contributed by atoms with Gasteiger partial charge in [0.1, 0.15) is 5.82 Å². The Bertz CT molecular complexity index is 643. The van der Waals surface area contributed by atoms with Gasteiger partial charge in [0.2, 0.25) is 0 Å². The molecule has 2 aromatic carbocycles. The van der Waals surface area contributed by atoms with E-state index in [0.29, 0.717) is 11.1 Å². The third-order valence-electron chi connectivity index (χ3n) is 4.31. The van der Waals surface area contributed by atoms with Crippen molar-refractivity contribution in [2.24, 2.45) is 0 Å². The van der Waals surface area contributed by atoms with Crippen LogP contribution in [0.4, 0.5) is 13.2 Å². The van der Waals surface area contributed by atoms with Crippen LogP contribution in [0.2, 0.25) is 0 Å². The van der Waals surface area contributed by atoms with Crippen molar-refractivity contribution < 1.29 is 13.2 Å². The van der Waals surface area contributed by atoms with Crippen molar-refractivity contribution in [3.05, 3.63) is 59.4 Å². The second kappa shape index (κ2) is 5.92. The molecular formula is C18H17F3. The van der Waals surface area contributed by atoms with E-state index in [0.717, 1.165) is 31.7 Å². The Morgan fingerprint density at radius 3 is 2.29 bits per heavy atom. The molecule has 0 unspecified atom stereocenters. The molecule has 0 amide bonds. The van der Waals surface area contributed by atoms with Gasteiger partial charge in [0.15, 0.2) is 11.6 Å². The average Bonchev–Trinajstić information content (AvgIpc) is 2.51. The van der Waals surface area contributed by atoms with E-state index in [2.05, 4.69) is 0 Å². The Morgan fingerprint density at radius 2 is 1.57 bits per heavy atom. The normalized spacial score (nSPS) is 16.1. The summed E-state index contributed by atoms with van der Waals surface area (Å²) in [5.74, 6) is -1.90. The van der Waals surface area contributed by atoms with E-state index >= 15 is 0 Å². The van der Waals surface area contributed by atoms with Gasteiger partial charge in [-0.2, -0.15) is 0 Å². The standard InChI is InChI=1S/C18H17F3/c19-16-8-4-7-15(18(16)21)13-9-10-14(17(20)11-13)12-5-2-1-3-6-12/h4,7-12H,1-3,5-6H2. The minimum absolute atomic E-state index is 0.101. The maximum absolute atomic E-state index is 14.3. The second-order valence-corrected chi connectivity index (χ2v) is 5.67. The lowest BCUT2D eigenvalue weighted by atomic mass is 9.83. The highest BCUT2D eigenvalue weighted by Crippen LogP contribution is 2.35. The molecule has 0 N–H and O–H groups in total. The zero-order valence-corrected chi connectivity index (χ0v) is 11.7. The Balaban J connectivity index is 1.95. The van der Waals surface area contributed by atoms with E-state index < -0.39 is 11.6 Å². The third kappa shape index (κ3) is 2.82. The van der Waals surface area contributed by atoms with E-state index in [1.54, 1.807) is 12.1 Å². The topological polar surface area (TPSA) is 0 Å². The molecule has 1 aliphatic carbocycles. The summed E-state index contributed by atoms with van der Waals surface area (Å²) in [6.45, 7) is 0. The molecule has 0 saturated heterocycles. The maximum atomic E-state index is 14.3. The lowest BCUT2D eigenvalue weighted by molar-refractivity contribution is 0.430. The van der Waals surface area contributed by atoms with Gasteiger partial charge in [0, 0.05) is 5.56 Å². The Hall–Kier alpha value is -1.77. The Kier molecular flexibility index (Phi) is 4.00. The summed E-state index contributed by atoms with van der Waals surface area (Å²) in [7, 11) is 0. The first-order valence-electron chi connectivity index (χ1n) is 7.40. The van der Waals surface area contributed by atoms with Crippen molar-refractivity contribution in [3.8, 4) is 11.1 Å². The monoisotopic (exact) mass is 290 g/mol. The summed E-state index contributed by atoms with van der Waals surface area (Å²) in [5, 5.41) is 0. The van der Waals surface area contributed by atoms with Crippen molar-refractivity contribution in [1.29, 1.82) is 0 Å². The van der Waals surface area contributed by atoms with Crippen LogP contribution in [0.15, 0.2) is 36.4 Å². The lowest BCUT2D eigenvalue weighted by Gasteiger charge is -2.22. The van der Waals surface area contributed by atoms with E-state index in [9.17, 15) is 13.2 Å². The van der Waals surface area contributed by atoms with Crippen LogP contribution < -0.4 is 0 Å². The van der Waals surface area contributed by atoms with Crippen molar-refractivity contribution in [1.82, 2.24) is 0 Å². The summed E-state index contributed by atoms with van der Waals surface area (Å²) in [4.78, 5) is 0. The third-order valence-corrected chi connectivity index (χ3v) is 4.31. The van der Waals surface area contributed by atoms with Gasteiger partial charge in [-0.25, -0.2) is 13.2 Å². The summed E-state index contributed by atoms with van der Waals surface area (Å²) in [6.07, 6.45) is 5.48. The van der Waals surface area contributed by atoms with Crippen molar-refractivity contribution in [3.63, 3.8) is 0 Å². The van der Waals surface area contributed by atoms with Gasteiger partial charge in [-0.1, -0.05) is 43.5 Å². The first-order chi connectivity index (χ1) is 10.2. The molecule has 21 heavy (non-hydrogen) atoms. The fourth-order valence-corrected chi connectivity index (χ4v) is 3.17. The number of hydrogen-bond donors (Lipinski definition) is 0. The molecule has 0 radical (unpaired) electrons. The minimum atomic E-state index is -0.928. The first-order valence-corrected chi connectivity index (χ1v) is 7.40. The van der Waals surface area contributed by atoms with Crippen molar-refractivity contribution in [2.75, 3.05) is 0 Å². The van der Waals surface area contributed by atoms with E-state index in [1.165, 1.54) is 24.6 Å². The predicted octanol–water partition coefficient (Wildman–Crippen LogP) is 5.82. The maximum Gasteiger partial charge on any atom is 0.166 e. The lowest BCUT2D eigenvalue weighted by Crippen LogP contribution is -2.06. The van der Waals surface area contributed by atoms with Gasteiger partial charge >= 0.3 is 0 Å². The van der Waals surface area contributed by atoms with Crippen LogP contribution in [0.3, 0.4) is 0 Å². The van der Waals surface area contributed by atoms with Crippen molar-refractivity contribution in [2.45, 2.75) is 38.0 Å². The van der Waals surface area contributed by atoms with Crippen LogP contribution in [0, 0.1) is 17.5 Å². The second-order valence-electron chi connectivity index (χ2n) is 5.67. The molecule has 0 nitrogen and oxygen atoms in total. The summed E-state index contributed by atoms with van der Waals surface area (Å²) < 4.78 is 41.4. The minimum Gasteiger partial charge on any atom is -0.207 e. The Labute approximate surface area is 122 Å². The molecule has 0 spiro atoms. The fourth-order valence-electron chi connectivity index (χ4n) is 3.17. The zero-order chi connectivity index (χ0) is 14.8. The van der Waals surface area contributed by atoms with Crippen LogP contribution in [-0.4, -0.2) is 0 Å². The molecule has 0 atom stereocenters. The van der Waals surface area contributed by atoms with Crippen LogP contribution in [-0.2, 0) is 0 Å². The number of benzene rings is 2. The van der Waals surface area contributed by atoms with Crippen LogP contribution >= 0.6 is 0 Å². The van der Waals surface area contributed by atoms with Gasteiger partial charge < -0.3 is 0 Å². The average molecular weight is 290 g/mol. The van der Waals surface area contributed by atoms with Gasteiger partial charge in [-0.15, -0.1) is 0 Å². The molecule has 0 heterocycles. The highest BCUT2D eigenvalue weighted by molar-refractivity contribution is 5.64. The molecule has 2 aromatic rings. The molecule has 0 bridgehead atoms. The molecule has 110 valence electrons. The summed E-state index contributed by atoms with van der Waals surface area (Å²) in [6, 6.07) is 8.69. The quantitative estimate of drug-likeness (QED) is 0.654. The summed E-state index contributed by atoms with van der Waals surface area (Å²) >= 11 is 0. The number of halogens is 3. The first kappa shape index (κ1) is 14.2. The number of rotatable bonds is 2. The van der Waals surface area contributed by atoms with E-state index in [4.69, 9.17) is 0 Å². The van der Waals surface area contributed by atoms with Gasteiger partial charge in [0.25, 0.3) is 0 Å². The van der Waals surface area contributed by atoms with Crippen LogP contribution in [0.5, 0.6) is 0 Å². The van der Waals surface area contributed by atoms with Crippen molar-refractivity contribution >= 4 is 0 Å². The van der Waals surface area contributed by atoms with Gasteiger partial charge in [0.05, 0.1) is 0 Å². The molecule has 1 fully saturated rings. The van der Waals surface area contributed by atoms with Gasteiger partial charge in [-0.05, 0) is 42.0 Å². The Morgan fingerprint density at radius 1 is 0.810 bits per heavy atom. The molecule has 3 heteroatoms. The molecule has 0 aliphatic heterocycles. The van der Waals surface area contributed by atoms with Crippen LogP contribution in [0.25, 0.3) is 11.1 Å². The largest absolute Gasteiger partial charge is 0.207 e. The highest BCUT2D eigenvalue weighted by atomic mass is 19.2. The molecule has 1 aliphatic rings. The smallest absolute Gasteiger partial charge is 0.166 e. The van der Waals surface area contributed by atoms with Crippen LogP contribution in [0.1, 0.15) is 43.6 Å². The molecule has 3 rings (SSSR count). The number of hydrogen-bond acceptors (Lipinski definition) is 0. The highest BCUT2D eigenvalue weighted by Gasteiger charge is 2.19. The SMILES string of the molecule is Fc1cc(-c2cccc(F)c2F)ccc1C1CCCCC1. The molecule has 0 aromatic heterocycles. The molecule has 1 saturated carbocycles. The fraction of sp³-hybridized carbons (Fsp3) is 0.333. The van der Waals surface area contributed by atoms with E-state index in [1.807, 2.05) is 0 Å².